The van der Waals surface area contributed by atoms with E-state index >= 15 is 0 Å². The number of ether oxygens (including phenoxy) is 1. The fraction of sp³-hybridized carbons (Fsp3) is 0.300. The van der Waals surface area contributed by atoms with Crippen LogP contribution in [0.3, 0.4) is 0 Å². The van der Waals surface area contributed by atoms with Gasteiger partial charge in [-0.2, -0.15) is 5.10 Å². The highest BCUT2D eigenvalue weighted by Crippen LogP contribution is 2.42. The van der Waals surface area contributed by atoms with Gasteiger partial charge in [0.05, 0.1) is 6.04 Å². The number of halogens is 1. The van der Waals surface area contributed by atoms with E-state index in [4.69, 9.17) is 4.74 Å². The summed E-state index contributed by atoms with van der Waals surface area (Å²) in [5, 5.41) is 11.0. The summed E-state index contributed by atoms with van der Waals surface area (Å²) >= 11 is 0. The molecule has 0 aliphatic carbocycles. The standard InChI is InChI=1S/C20H20FN5O2/c1-26-19-15-6-16(23-13-8-22-9-13)14(11-2-4-12(21)5-3-11)7-18(15)28-10-17(19)24-25-20(26)27/h2-7,13,19,22-23H,8-10H2,1H3,(H,25,27). The number of nitrogens with zero attached hydrogens (tertiary/aromatic N) is 2. The van der Waals surface area contributed by atoms with Gasteiger partial charge in [-0.3, -0.25) is 0 Å². The van der Waals surface area contributed by atoms with Gasteiger partial charge in [0.2, 0.25) is 0 Å². The van der Waals surface area contributed by atoms with Crippen molar-refractivity contribution in [2.45, 2.75) is 12.1 Å². The normalized spacial score (nSPS) is 20.9. The lowest BCUT2D eigenvalue weighted by atomic mass is 9.92. The topological polar surface area (TPSA) is 78.0 Å². The molecule has 0 saturated carbocycles. The van der Waals surface area contributed by atoms with Crippen molar-refractivity contribution in [2.75, 3.05) is 32.1 Å². The van der Waals surface area contributed by atoms with Gasteiger partial charge in [-0.25, -0.2) is 14.6 Å². The number of hydrogen-bond donors (Lipinski definition) is 3. The Morgan fingerprint density at radius 2 is 2.04 bits per heavy atom. The average Bonchev–Trinajstić information content (AvgIpc) is 2.67. The predicted octanol–water partition coefficient (Wildman–Crippen LogP) is 2.32. The maximum absolute atomic E-state index is 13.4. The van der Waals surface area contributed by atoms with Crippen LogP contribution in [0, 0.1) is 5.82 Å². The van der Waals surface area contributed by atoms with Crippen LogP contribution in [0.15, 0.2) is 41.5 Å². The van der Waals surface area contributed by atoms with E-state index in [-0.39, 0.29) is 17.9 Å². The highest BCUT2D eigenvalue weighted by atomic mass is 19.1. The van der Waals surface area contributed by atoms with Gasteiger partial charge in [-0.05, 0) is 29.8 Å². The Hall–Kier alpha value is -3.13. The van der Waals surface area contributed by atoms with Crippen LogP contribution in [0.5, 0.6) is 5.75 Å². The number of hydrazone groups is 1. The molecule has 3 heterocycles. The Labute approximate surface area is 161 Å². The number of hydrogen-bond acceptors (Lipinski definition) is 5. The SMILES string of the molecule is CN1C(=O)NN=C2COc3cc(-c4ccc(F)cc4)c(NC4CNC4)cc3C21. The number of amides is 2. The summed E-state index contributed by atoms with van der Waals surface area (Å²) in [6, 6.07) is 10.2. The summed E-state index contributed by atoms with van der Waals surface area (Å²) in [6.45, 7) is 2.08. The Morgan fingerprint density at radius 3 is 2.75 bits per heavy atom. The first-order valence-electron chi connectivity index (χ1n) is 9.23. The van der Waals surface area contributed by atoms with E-state index in [0.29, 0.717) is 18.4 Å². The largest absolute Gasteiger partial charge is 0.487 e. The van der Waals surface area contributed by atoms with Crippen molar-refractivity contribution in [1.82, 2.24) is 15.6 Å². The van der Waals surface area contributed by atoms with E-state index in [1.165, 1.54) is 12.1 Å². The van der Waals surface area contributed by atoms with Crippen LogP contribution in [0.2, 0.25) is 0 Å². The van der Waals surface area contributed by atoms with Crippen molar-refractivity contribution < 1.29 is 13.9 Å². The Kier molecular flexibility index (Phi) is 3.94. The number of urea groups is 1. The molecule has 28 heavy (non-hydrogen) atoms. The summed E-state index contributed by atoms with van der Waals surface area (Å²) in [5.41, 5.74) is 6.93. The van der Waals surface area contributed by atoms with Crippen LogP contribution in [0.4, 0.5) is 14.9 Å². The Balaban J connectivity index is 1.63. The molecule has 0 spiro atoms. The molecule has 2 aromatic rings. The highest BCUT2D eigenvalue weighted by molar-refractivity contribution is 6.00. The van der Waals surface area contributed by atoms with E-state index in [9.17, 15) is 9.18 Å². The Morgan fingerprint density at radius 1 is 1.25 bits per heavy atom. The number of rotatable bonds is 3. The van der Waals surface area contributed by atoms with E-state index in [0.717, 1.165) is 41.2 Å². The first kappa shape index (κ1) is 17.0. The lowest BCUT2D eigenvalue weighted by Crippen LogP contribution is -2.51. The minimum Gasteiger partial charge on any atom is -0.487 e. The smallest absolute Gasteiger partial charge is 0.338 e. The number of benzene rings is 2. The van der Waals surface area contributed by atoms with Crippen molar-refractivity contribution in [3.63, 3.8) is 0 Å². The van der Waals surface area contributed by atoms with Crippen LogP contribution in [-0.2, 0) is 0 Å². The van der Waals surface area contributed by atoms with Crippen molar-refractivity contribution in [1.29, 1.82) is 0 Å². The zero-order chi connectivity index (χ0) is 19.3. The molecule has 1 saturated heterocycles. The first-order valence-corrected chi connectivity index (χ1v) is 9.23. The molecule has 0 radical (unpaired) electrons. The molecule has 2 aromatic carbocycles. The third-order valence-electron chi connectivity index (χ3n) is 5.43. The average molecular weight is 381 g/mol. The van der Waals surface area contributed by atoms with Gasteiger partial charge in [-0.1, -0.05) is 12.1 Å². The lowest BCUT2D eigenvalue weighted by Gasteiger charge is -2.37. The molecule has 8 heteroatoms. The van der Waals surface area contributed by atoms with Gasteiger partial charge >= 0.3 is 6.03 Å². The van der Waals surface area contributed by atoms with E-state index in [1.807, 2.05) is 12.1 Å². The molecule has 3 aliphatic heterocycles. The van der Waals surface area contributed by atoms with Crippen LogP contribution in [0.25, 0.3) is 11.1 Å². The van der Waals surface area contributed by atoms with Gasteiger partial charge < -0.3 is 20.3 Å². The van der Waals surface area contributed by atoms with Gasteiger partial charge in [0.25, 0.3) is 0 Å². The van der Waals surface area contributed by atoms with Crippen molar-refractivity contribution in [3.05, 3.63) is 47.8 Å². The number of anilines is 1. The zero-order valence-electron chi connectivity index (χ0n) is 15.3. The van der Waals surface area contributed by atoms with Crippen LogP contribution >= 0.6 is 0 Å². The van der Waals surface area contributed by atoms with Gasteiger partial charge in [-0.15, -0.1) is 0 Å². The van der Waals surface area contributed by atoms with Crippen LogP contribution in [-0.4, -0.2) is 49.4 Å². The second-order valence-electron chi connectivity index (χ2n) is 7.26. The molecule has 2 amide bonds. The van der Waals surface area contributed by atoms with Crippen molar-refractivity contribution in [3.8, 4) is 16.9 Å². The summed E-state index contributed by atoms with van der Waals surface area (Å²) < 4.78 is 19.3. The van der Waals surface area contributed by atoms with E-state index < -0.39 is 0 Å². The fourth-order valence-corrected chi connectivity index (χ4v) is 3.79. The molecule has 5 rings (SSSR count). The minimum atomic E-state index is -0.272. The quantitative estimate of drug-likeness (QED) is 0.763. The molecule has 1 fully saturated rings. The monoisotopic (exact) mass is 381 g/mol. The zero-order valence-corrected chi connectivity index (χ0v) is 15.3. The van der Waals surface area contributed by atoms with Gasteiger partial charge in [0.15, 0.2) is 0 Å². The van der Waals surface area contributed by atoms with Gasteiger partial charge in [0, 0.05) is 37.0 Å². The second kappa shape index (κ2) is 6.49. The maximum atomic E-state index is 13.4. The van der Waals surface area contributed by atoms with E-state index in [2.05, 4.69) is 21.2 Å². The molecule has 3 N–H and O–H groups in total. The Bertz CT molecular complexity index is 971. The summed E-state index contributed by atoms with van der Waals surface area (Å²) in [5.74, 6) is 0.438. The fourth-order valence-electron chi connectivity index (χ4n) is 3.79. The van der Waals surface area contributed by atoms with Crippen molar-refractivity contribution >= 4 is 17.4 Å². The number of carbonyl (C=O) groups excluding carboxylic acids is 1. The number of nitrogens with one attached hydrogen (secondary N) is 3. The molecule has 1 atom stereocenters. The minimum absolute atomic E-state index is 0.248. The molecule has 7 nitrogen and oxygen atoms in total. The molecule has 3 aliphatic rings. The van der Waals surface area contributed by atoms with Crippen LogP contribution in [0.1, 0.15) is 11.6 Å². The van der Waals surface area contributed by atoms with Gasteiger partial charge in [0.1, 0.15) is 29.9 Å². The molecular formula is C20H20FN5O2. The summed E-state index contributed by atoms with van der Waals surface area (Å²) in [4.78, 5) is 13.7. The molecule has 0 bridgehead atoms. The highest BCUT2D eigenvalue weighted by Gasteiger charge is 2.37. The molecule has 144 valence electrons. The number of carbonyl (C=O) groups is 1. The summed E-state index contributed by atoms with van der Waals surface area (Å²) in [6.07, 6.45) is 0. The summed E-state index contributed by atoms with van der Waals surface area (Å²) in [7, 11) is 1.75. The maximum Gasteiger partial charge on any atom is 0.338 e. The number of fused-ring (bicyclic) bond motifs is 3. The second-order valence-corrected chi connectivity index (χ2v) is 7.26. The third kappa shape index (κ3) is 2.77. The van der Waals surface area contributed by atoms with Crippen molar-refractivity contribution in [2.24, 2.45) is 5.10 Å². The molecule has 0 aromatic heterocycles. The molecular weight excluding hydrogens is 361 g/mol. The predicted molar refractivity (Wildman–Crippen MR) is 104 cm³/mol. The van der Waals surface area contributed by atoms with Crippen LogP contribution < -0.4 is 20.8 Å². The molecule has 1 unspecified atom stereocenters. The lowest BCUT2D eigenvalue weighted by molar-refractivity contribution is 0.192. The van der Waals surface area contributed by atoms with E-state index in [1.54, 1.807) is 24.1 Å². The third-order valence-corrected chi connectivity index (χ3v) is 5.43. The first-order chi connectivity index (χ1) is 13.6.